The minimum atomic E-state index is 0.160. The summed E-state index contributed by atoms with van der Waals surface area (Å²) in [5.41, 5.74) is 1.73. The van der Waals surface area contributed by atoms with Crippen molar-refractivity contribution in [3.05, 3.63) is 16.1 Å². The van der Waals surface area contributed by atoms with Crippen molar-refractivity contribution in [3.8, 4) is 0 Å². The smallest absolute Gasteiger partial charge is 0.107 e. The van der Waals surface area contributed by atoms with Gasteiger partial charge in [0.05, 0.1) is 5.69 Å². The molecule has 0 aliphatic heterocycles. The highest BCUT2D eigenvalue weighted by atomic mass is 32.1. The van der Waals surface area contributed by atoms with Gasteiger partial charge in [-0.1, -0.05) is 48.5 Å². The molecule has 1 heterocycles. The van der Waals surface area contributed by atoms with E-state index < -0.39 is 0 Å². The lowest BCUT2D eigenvalue weighted by molar-refractivity contribution is 0.252. The summed E-state index contributed by atoms with van der Waals surface area (Å²) in [6.45, 7) is 17.7. The summed E-state index contributed by atoms with van der Waals surface area (Å²) in [7, 11) is 0. The van der Waals surface area contributed by atoms with Crippen LogP contribution in [-0.2, 0) is 12.0 Å². The van der Waals surface area contributed by atoms with Crippen LogP contribution in [0.4, 0.5) is 0 Å². The highest BCUT2D eigenvalue weighted by Crippen LogP contribution is 2.25. The zero-order valence-electron chi connectivity index (χ0n) is 12.9. The molecule has 0 bridgehead atoms. The Bertz CT molecular complexity index is 369. The van der Waals surface area contributed by atoms with E-state index in [0.29, 0.717) is 11.3 Å². The first-order valence-corrected chi connectivity index (χ1v) is 7.64. The fourth-order valence-electron chi connectivity index (χ4n) is 1.44. The maximum Gasteiger partial charge on any atom is 0.107 e. The molecule has 0 fully saturated rings. The van der Waals surface area contributed by atoms with Crippen molar-refractivity contribution in [2.45, 2.75) is 60.4 Å². The number of hydrogen-bond donors (Lipinski definition) is 1. The van der Waals surface area contributed by atoms with Crippen LogP contribution in [0.5, 0.6) is 0 Å². The van der Waals surface area contributed by atoms with Crippen molar-refractivity contribution < 1.29 is 0 Å². The average Bonchev–Trinajstić information content (AvgIpc) is 2.64. The largest absolute Gasteiger partial charge is 0.310 e. The Kier molecular flexibility index (Phi) is 4.96. The molecule has 0 aliphatic rings. The zero-order chi connectivity index (χ0) is 14.0. The number of hydrogen-bond acceptors (Lipinski definition) is 3. The third-order valence-corrected chi connectivity index (χ3v) is 4.37. The van der Waals surface area contributed by atoms with Gasteiger partial charge < -0.3 is 5.32 Å². The molecule has 1 N–H and O–H groups in total. The second-order valence-corrected chi connectivity index (χ2v) is 8.22. The van der Waals surface area contributed by atoms with E-state index in [1.807, 2.05) is 0 Å². The monoisotopic (exact) mass is 268 g/mol. The normalized spacial score (nSPS) is 14.8. The topological polar surface area (TPSA) is 24.9 Å². The van der Waals surface area contributed by atoms with E-state index in [-0.39, 0.29) is 5.41 Å². The standard InChI is InChI=1S/C15H28N2S/c1-11(14(2,3)4)8-16-9-13-17-12(10-18-13)15(5,6)7/h10-11,16H,8-9H2,1-7H3. The minimum Gasteiger partial charge on any atom is -0.310 e. The van der Waals surface area contributed by atoms with Crippen LogP contribution in [0.3, 0.4) is 0 Å². The quantitative estimate of drug-likeness (QED) is 0.884. The van der Waals surface area contributed by atoms with E-state index in [2.05, 4.69) is 59.2 Å². The molecule has 2 nitrogen and oxygen atoms in total. The second-order valence-electron chi connectivity index (χ2n) is 7.27. The van der Waals surface area contributed by atoms with Gasteiger partial charge in [0, 0.05) is 17.3 Å². The van der Waals surface area contributed by atoms with Crippen molar-refractivity contribution >= 4 is 11.3 Å². The molecule has 1 aromatic heterocycles. The van der Waals surface area contributed by atoms with Gasteiger partial charge in [-0.15, -0.1) is 11.3 Å². The molecule has 18 heavy (non-hydrogen) atoms. The second kappa shape index (κ2) is 5.70. The number of aromatic nitrogens is 1. The summed E-state index contributed by atoms with van der Waals surface area (Å²) in [6, 6.07) is 0. The van der Waals surface area contributed by atoms with Crippen LogP contribution in [0, 0.1) is 11.3 Å². The predicted octanol–water partition coefficient (Wildman–Crippen LogP) is 4.21. The van der Waals surface area contributed by atoms with Crippen molar-refractivity contribution in [2.24, 2.45) is 11.3 Å². The summed E-state index contributed by atoms with van der Waals surface area (Å²) >= 11 is 1.76. The average molecular weight is 268 g/mol. The van der Waals surface area contributed by atoms with E-state index in [4.69, 9.17) is 4.98 Å². The molecule has 0 radical (unpaired) electrons. The number of nitrogens with one attached hydrogen (secondary N) is 1. The molecule has 0 saturated carbocycles. The zero-order valence-corrected chi connectivity index (χ0v) is 13.7. The van der Waals surface area contributed by atoms with E-state index in [0.717, 1.165) is 13.1 Å². The van der Waals surface area contributed by atoms with Crippen LogP contribution in [0.25, 0.3) is 0 Å². The highest BCUT2D eigenvalue weighted by Gasteiger charge is 2.20. The molecular formula is C15H28N2S. The van der Waals surface area contributed by atoms with Gasteiger partial charge >= 0.3 is 0 Å². The van der Waals surface area contributed by atoms with Crippen molar-refractivity contribution in [1.82, 2.24) is 10.3 Å². The van der Waals surface area contributed by atoms with Crippen LogP contribution in [0.1, 0.15) is 59.2 Å². The van der Waals surface area contributed by atoms with Crippen LogP contribution < -0.4 is 5.32 Å². The number of thiazole rings is 1. The van der Waals surface area contributed by atoms with Gasteiger partial charge in [-0.25, -0.2) is 4.98 Å². The lowest BCUT2D eigenvalue weighted by Crippen LogP contribution is -2.29. The van der Waals surface area contributed by atoms with Gasteiger partial charge in [0.1, 0.15) is 5.01 Å². The summed E-state index contributed by atoms with van der Waals surface area (Å²) in [6.07, 6.45) is 0. The Labute approximate surface area is 116 Å². The summed E-state index contributed by atoms with van der Waals surface area (Å²) < 4.78 is 0. The summed E-state index contributed by atoms with van der Waals surface area (Å²) in [4.78, 5) is 4.70. The first-order valence-electron chi connectivity index (χ1n) is 6.76. The molecule has 0 saturated heterocycles. The van der Waals surface area contributed by atoms with Crippen LogP contribution in [-0.4, -0.2) is 11.5 Å². The first kappa shape index (κ1) is 15.6. The fourth-order valence-corrected chi connectivity index (χ4v) is 2.43. The van der Waals surface area contributed by atoms with Gasteiger partial charge in [0.25, 0.3) is 0 Å². The molecule has 1 aromatic rings. The third-order valence-electron chi connectivity index (χ3n) is 3.53. The molecule has 0 spiro atoms. The Morgan fingerprint density at radius 3 is 2.28 bits per heavy atom. The van der Waals surface area contributed by atoms with E-state index in [1.165, 1.54) is 10.7 Å². The summed E-state index contributed by atoms with van der Waals surface area (Å²) in [5, 5.41) is 6.90. The molecule has 1 atom stereocenters. The van der Waals surface area contributed by atoms with Crippen molar-refractivity contribution in [3.63, 3.8) is 0 Å². The molecule has 3 heteroatoms. The Morgan fingerprint density at radius 1 is 1.22 bits per heavy atom. The maximum atomic E-state index is 4.70. The number of rotatable bonds is 4. The van der Waals surface area contributed by atoms with Crippen molar-refractivity contribution in [2.75, 3.05) is 6.54 Å². The molecule has 0 aliphatic carbocycles. The van der Waals surface area contributed by atoms with Gasteiger partial charge in [-0.05, 0) is 17.9 Å². The first-order chi connectivity index (χ1) is 8.10. The van der Waals surface area contributed by atoms with E-state index in [9.17, 15) is 0 Å². The minimum absolute atomic E-state index is 0.160. The fraction of sp³-hybridized carbons (Fsp3) is 0.800. The van der Waals surface area contributed by atoms with Gasteiger partial charge in [-0.3, -0.25) is 0 Å². The maximum absolute atomic E-state index is 4.70. The van der Waals surface area contributed by atoms with E-state index in [1.54, 1.807) is 11.3 Å². The van der Waals surface area contributed by atoms with Crippen LogP contribution >= 0.6 is 11.3 Å². The molecule has 104 valence electrons. The molecule has 1 rings (SSSR count). The van der Waals surface area contributed by atoms with Gasteiger partial charge in [0.15, 0.2) is 0 Å². The Hall–Kier alpha value is -0.410. The van der Waals surface area contributed by atoms with Gasteiger partial charge in [0.2, 0.25) is 0 Å². The third kappa shape index (κ3) is 4.69. The molecule has 0 amide bonds. The Morgan fingerprint density at radius 2 is 1.83 bits per heavy atom. The molecule has 1 unspecified atom stereocenters. The van der Waals surface area contributed by atoms with Crippen molar-refractivity contribution in [1.29, 1.82) is 0 Å². The lowest BCUT2D eigenvalue weighted by Gasteiger charge is -2.27. The Balaban J connectivity index is 2.43. The number of nitrogens with zero attached hydrogens (tertiary/aromatic N) is 1. The van der Waals surface area contributed by atoms with Gasteiger partial charge in [-0.2, -0.15) is 0 Å². The highest BCUT2D eigenvalue weighted by molar-refractivity contribution is 7.09. The lowest BCUT2D eigenvalue weighted by atomic mass is 9.82. The van der Waals surface area contributed by atoms with Crippen LogP contribution in [0.2, 0.25) is 0 Å². The van der Waals surface area contributed by atoms with E-state index >= 15 is 0 Å². The molecular weight excluding hydrogens is 240 g/mol. The molecule has 0 aromatic carbocycles. The predicted molar refractivity (Wildman–Crippen MR) is 81.1 cm³/mol. The summed E-state index contributed by atoms with van der Waals surface area (Å²) in [5.74, 6) is 0.666. The van der Waals surface area contributed by atoms with Crippen LogP contribution in [0.15, 0.2) is 5.38 Å². The SMILES string of the molecule is CC(CNCc1nc(C(C)(C)C)cs1)C(C)(C)C.